The first-order chi connectivity index (χ1) is 4.79. The highest BCUT2D eigenvalue weighted by Gasteiger charge is 2.45. The van der Waals surface area contributed by atoms with E-state index in [1.54, 1.807) is 0 Å². The molecule has 0 unspecified atom stereocenters. The third kappa shape index (κ3) is 1.21. The van der Waals surface area contributed by atoms with E-state index in [1.807, 2.05) is 0 Å². The van der Waals surface area contributed by atoms with Crippen molar-refractivity contribution in [2.75, 3.05) is 13.2 Å². The van der Waals surface area contributed by atoms with Crippen molar-refractivity contribution in [3.05, 3.63) is 0 Å². The number of ether oxygens (including phenoxy) is 2. The highest BCUT2D eigenvalue weighted by atomic mass is 127. The molecule has 0 spiro atoms. The quantitative estimate of drug-likeness (QED) is 0.477. The van der Waals surface area contributed by atoms with Gasteiger partial charge in [-0.3, -0.25) is 0 Å². The molecule has 0 amide bonds. The molecule has 10 heavy (non-hydrogen) atoms. The molecule has 2 rings (SSSR count). The Morgan fingerprint density at radius 3 is 1.70 bits per heavy atom. The zero-order chi connectivity index (χ0) is 7.14. The third-order valence-electron chi connectivity index (χ3n) is 1.93. The van der Waals surface area contributed by atoms with Crippen LogP contribution in [0.3, 0.4) is 0 Å². The van der Waals surface area contributed by atoms with Crippen LogP contribution < -0.4 is 0 Å². The van der Waals surface area contributed by atoms with Gasteiger partial charge in [0.2, 0.25) is 0 Å². The Morgan fingerprint density at radius 2 is 1.30 bits per heavy atom. The molecule has 2 nitrogen and oxygen atoms in total. The van der Waals surface area contributed by atoms with Crippen molar-refractivity contribution in [3.63, 3.8) is 0 Å². The zero-order valence-electron chi connectivity index (χ0n) is 5.30. The van der Waals surface area contributed by atoms with Crippen molar-refractivity contribution in [3.8, 4) is 0 Å². The fourth-order valence-electron chi connectivity index (χ4n) is 1.41. The van der Waals surface area contributed by atoms with Crippen LogP contribution in [0.2, 0.25) is 0 Å². The summed E-state index contributed by atoms with van der Waals surface area (Å²) in [7, 11) is 0. The fraction of sp³-hybridized carbons (Fsp3) is 1.00. The van der Waals surface area contributed by atoms with Gasteiger partial charge >= 0.3 is 0 Å². The van der Waals surface area contributed by atoms with E-state index in [-0.39, 0.29) is 0 Å². The summed E-state index contributed by atoms with van der Waals surface area (Å²) >= 11 is 4.81. The first kappa shape index (κ1) is 8.00. The predicted molar refractivity (Wildman–Crippen MR) is 55.1 cm³/mol. The molecule has 2 aliphatic rings. The number of hydrogen-bond donors (Lipinski definition) is 0. The molecule has 0 saturated carbocycles. The maximum Gasteiger partial charge on any atom is 0.0987 e. The minimum atomic E-state index is 0.377. The van der Waals surface area contributed by atoms with Crippen LogP contribution in [0.1, 0.15) is 0 Å². The van der Waals surface area contributed by atoms with E-state index in [9.17, 15) is 0 Å². The summed E-state index contributed by atoms with van der Waals surface area (Å²) in [6.07, 6.45) is 0.755. The molecule has 4 atom stereocenters. The third-order valence-corrected chi connectivity index (χ3v) is 4.07. The summed E-state index contributed by atoms with van der Waals surface area (Å²) in [4.78, 5) is 0. The van der Waals surface area contributed by atoms with Crippen LogP contribution in [-0.4, -0.2) is 33.3 Å². The Labute approximate surface area is 87.3 Å². The lowest BCUT2D eigenvalue weighted by Crippen LogP contribution is -2.25. The average Bonchev–Trinajstić information content (AvgIpc) is 2.41. The number of alkyl halides is 2. The Balaban J connectivity index is 2.09. The number of hydrogen-bond acceptors (Lipinski definition) is 2. The molecule has 2 aliphatic heterocycles. The van der Waals surface area contributed by atoms with E-state index in [1.165, 1.54) is 0 Å². The standard InChI is InChI=1S/C6H8I2O2/c7-3-1-9-6-4(8)2-10-5(3)6/h3-6H,1-2H2/t3-,4-,5-,6-/m1/s1. The topological polar surface area (TPSA) is 18.5 Å². The van der Waals surface area contributed by atoms with E-state index in [0.717, 1.165) is 13.2 Å². The Kier molecular flexibility index (Phi) is 2.42. The second-order valence-corrected chi connectivity index (χ2v) is 5.83. The second-order valence-electron chi connectivity index (χ2n) is 2.63. The molecule has 0 N–H and O–H groups in total. The number of halogens is 2. The molecule has 0 aromatic heterocycles. The molecule has 2 heterocycles. The smallest absolute Gasteiger partial charge is 0.0987 e. The van der Waals surface area contributed by atoms with Crippen molar-refractivity contribution < 1.29 is 9.47 Å². The molecular formula is C6H8I2O2. The molecule has 58 valence electrons. The van der Waals surface area contributed by atoms with Crippen LogP contribution in [0.15, 0.2) is 0 Å². The molecule has 4 heteroatoms. The number of fused-ring (bicyclic) bond motifs is 1. The first-order valence-corrected chi connectivity index (χ1v) is 5.79. The second kappa shape index (κ2) is 3.02. The average molecular weight is 366 g/mol. The van der Waals surface area contributed by atoms with Gasteiger partial charge in [0.05, 0.1) is 33.3 Å². The van der Waals surface area contributed by atoms with Crippen molar-refractivity contribution >= 4 is 45.2 Å². The fourth-order valence-corrected chi connectivity index (χ4v) is 3.05. The molecule has 0 aliphatic carbocycles. The van der Waals surface area contributed by atoms with E-state index >= 15 is 0 Å². The van der Waals surface area contributed by atoms with Crippen molar-refractivity contribution in [1.29, 1.82) is 0 Å². The van der Waals surface area contributed by atoms with Gasteiger partial charge in [0, 0.05) is 0 Å². The van der Waals surface area contributed by atoms with Gasteiger partial charge in [0.25, 0.3) is 0 Å². The van der Waals surface area contributed by atoms with Gasteiger partial charge in [-0.1, -0.05) is 45.2 Å². The molecule has 0 bridgehead atoms. The normalized spacial score (nSPS) is 53.4. The van der Waals surface area contributed by atoms with Crippen LogP contribution >= 0.6 is 45.2 Å². The van der Waals surface area contributed by atoms with E-state index < -0.39 is 0 Å². The summed E-state index contributed by atoms with van der Waals surface area (Å²) < 4.78 is 12.3. The lowest BCUT2D eigenvalue weighted by Gasteiger charge is -2.09. The molecule has 0 aromatic rings. The zero-order valence-corrected chi connectivity index (χ0v) is 9.61. The molecule has 0 radical (unpaired) electrons. The highest BCUT2D eigenvalue weighted by Crippen LogP contribution is 2.34. The summed E-state index contributed by atoms with van der Waals surface area (Å²) in [5, 5.41) is 0. The minimum absolute atomic E-state index is 0.377. The maximum atomic E-state index is 5.56. The van der Waals surface area contributed by atoms with Gasteiger partial charge in [-0.25, -0.2) is 0 Å². The van der Waals surface area contributed by atoms with E-state index in [2.05, 4.69) is 45.2 Å². The van der Waals surface area contributed by atoms with Gasteiger partial charge in [-0.2, -0.15) is 0 Å². The van der Waals surface area contributed by atoms with Gasteiger partial charge in [-0.05, 0) is 0 Å². The minimum Gasteiger partial charge on any atom is -0.373 e. The van der Waals surface area contributed by atoms with E-state index in [4.69, 9.17) is 9.47 Å². The molecule has 0 aromatic carbocycles. The molecule has 2 fully saturated rings. The molecule has 2 saturated heterocycles. The number of rotatable bonds is 0. The monoisotopic (exact) mass is 366 g/mol. The van der Waals surface area contributed by atoms with Crippen LogP contribution in [0, 0.1) is 0 Å². The Bertz CT molecular complexity index is 126. The SMILES string of the molecule is I[C@@H]1CO[C@H]2[C@@H]1OC[C@H]2I. The van der Waals surface area contributed by atoms with Crippen molar-refractivity contribution in [2.45, 2.75) is 20.1 Å². The van der Waals surface area contributed by atoms with Crippen molar-refractivity contribution in [2.24, 2.45) is 0 Å². The maximum absolute atomic E-state index is 5.56. The largest absolute Gasteiger partial charge is 0.373 e. The van der Waals surface area contributed by atoms with Gasteiger partial charge < -0.3 is 9.47 Å². The Hall–Kier alpha value is 1.38. The highest BCUT2D eigenvalue weighted by molar-refractivity contribution is 14.1. The lowest BCUT2D eigenvalue weighted by atomic mass is 10.2. The predicted octanol–water partition coefficient (Wildman–Crippen LogP) is 1.39. The summed E-state index contributed by atoms with van der Waals surface area (Å²) in [6, 6.07) is 0. The van der Waals surface area contributed by atoms with Crippen LogP contribution in [0.4, 0.5) is 0 Å². The van der Waals surface area contributed by atoms with Gasteiger partial charge in [-0.15, -0.1) is 0 Å². The van der Waals surface area contributed by atoms with Gasteiger partial charge in [0.15, 0.2) is 0 Å². The van der Waals surface area contributed by atoms with Crippen molar-refractivity contribution in [1.82, 2.24) is 0 Å². The summed E-state index contributed by atoms with van der Waals surface area (Å²) in [6.45, 7) is 1.74. The summed E-state index contributed by atoms with van der Waals surface area (Å²) in [5.74, 6) is 0. The lowest BCUT2D eigenvalue weighted by molar-refractivity contribution is 0.0754. The van der Waals surface area contributed by atoms with Crippen LogP contribution in [-0.2, 0) is 9.47 Å². The summed E-state index contributed by atoms with van der Waals surface area (Å²) in [5.41, 5.74) is 0. The van der Waals surface area contributed by atoms with Crippen LogP contribution in [0.5, 0.6) is 0 Å². The Morgan fingerprint density at radius 1 is 0.900 bits per heavy atom. The van der Waals surface area contributed by atoms with Gasteiger partial charge in [0.1, 0.15) is 0 Å². The molecular weight excluding hydrogens is 358 g/mol. The first-order valence-electron chi connectivity index (χ1n) is 3.30. The van der Waals surface area contributed by atoms with Crippen LogP contribution in [0.25, 0.3) is 0 Å². The van der Waals surface area contributed by atoms with E-state index in [0.29, 0.717) is 20.1 Å².